The van der Waals surface area contributed by atoms with Crippen molar-refractivity contribution in [2.24, 2.45) is 22.7 Å². The molecule has 2 heteroatoms. The first-order valence-electron chi connectivity index (χ1n) is 5.61. The van der Waals surface area contributed by atoms with Gasteiger partial charge in [-0.2, -0.15) is 0 Å². The highest BCUT2D eigenvalue weighted by atomic mass is 16.1. The minimum atomic E-state index is 0.131. The van der Waals surface area contributed by atoms with Crippen LogP contribution < -0.4 is 0 Å². The summed E-state index contributed by atoms with van der Waals surface area (Å²) in [5.41, 5.74) is 0.838. The predicted octanol–water partition coefficient (Wildman–Crippen LogP) is 2.72. The van der Waals surface area contributed by atoms with Gasteiger partial charge in [-0.25, -0.2) is 0 Å². The second-order valence-electron chi connectivity index (χ2n) is 4.69. The zero-order chi connectivity index (χ0) is 10.7. The number of carbonyl (C=O) groups excluding carboxylic acids is 1. The van der Waals surface area contributed by atoms with Crippen molar-refractivity contribution >= 4 is 11.5 Å². The van der Waals surface area contributed by atoms with Crippen LogP contribution in [-0.2, 0) is 4.79 Å². The topological polar surface area (TPSA) is 29.4 Å². The Morgan fingerprint density at radius 1 is 1.29 bits per heavy atom. The van der Waals surface area contributed by atoms with E-state index in [1.807, 2.05) is 6.92 Å². The van der Waals surface area contributed by atoms with Crippen LogP contribution in [0.4, 0.5) is 0 Å². The summed E-state index contributed by atoms with van der Waals surface area (Å²) in [5, 5.41) is 0. The Bertz CT molecular complexity index is 243. The van der Waals surface area contributed by atoms with Crippen LogP contribution in [0.5, 0.6) is 0 Å². The van der Waals surface area contributed by atoms with Crippen LogP contribution in [0, 0.1) is 17.8 Å². The number of hydrogen-bond acceptors (Lipinski definition) is 2. The molecule has 0 aromatic carbocycles. The molecule has 0 aromatic rings. The van der Waals surface area contributed by atoms with Crippen molar-refractivity contribution in [3.05, 3.63) is 0 Å². The van der Waals surface area contributed by atoms with Gasteiger partial charge in [0.2, 0.25) is 0 Å². The van der Waals surface area contributed by atoms with E-state index in [1.54, 1.807) is 0 Å². The Morgan fingerprint density at radius 2 is 1.93 bits per heavy atom. The first-order chi connectivity index (χ1) is 6.54. The molecule has 0 saturated carbocycles. The number of Topliss-reactive ketones (excluding diaryl/α,β-unsaturated/α-hetero) is 1. The van der Waals surface area contributed by atoms with Gasteiger partial charge in [0.15, 0.2) is 5.78 Å². The number of ketones is 1. The summed E-state index contributed by atoms with van der Waals surface area (Å²) in [6.45, 7) is 9.39. The second-order valence-corrected chi connectivity index (χ2v) is 4.69. The maximum Gasteiger partial charge on any atom is 0.179 e. The highest BCUT2D eigenvalue weighted by Crippen LogP contribution is 2.22. The molecule has 0 spiro atoms. The number of rotatable bonds is 4. The Balaban J connectivity index is 2.60. The van der Waals surface area contributed by atoms with Gasteiger partial charge in [-0.15, -0.1) is 0 Å². The van der Waals surface area contributed by atoms with Crippen LogP contribution in [0.2, 0.25) is 0 Å². The molecule has 1 aliphatic heterocycles. The van der Waals surface area contributed by atoms with Crippen LogP contribution in [0.3, 0.4) is 0 Å². The molecule has 2 atom stereocenters. The summed E-state index contributed by atoms with van der Waals surface area (Å²) >= 11 is 0. The average molecular weight is 195 g/mol. The van der Waals surface area contributed by atoms with Gasteiger partial charge in [-0.3, -0.25) is 9.79 Å². The first-order valence-corrected chi connectivity index (χ1v) is 5.61. The van der Waals surface area contributed by atoms with Crippen molar-refractivity contribution in [2.75, 3.05) is 6.54 Å². The lowest BCUT2D eigenvalue weighted by atomic mass is 9.82. The highest BCUT2D eigenvalue weighted by Gasteiger charge is 2.26. The summed E-state index contributed by atoms with van der Waals surface area (Å²) in [4.78, 5) is 16.2. The fourth-order valence-corrected chi connectivity index (χ4v) is 1.82. The molecule has 1 rings (SSSR count). The fraction of sp³-hybridized carbons (Fsp3) is 0.833. The quantitative estimate of drug-likeness (QED) is 0.678. The molecular weight excluding hydrogens is 174 g/mol. The van der Waals surface area contributed by atoms with E-state index in [4.69, 9.17) is 0 Å². The fourth-order valence-electron chi connectivity index (χ4n) is 1.82. The predicted molar refractivity (Wildman–Crippen MR) is 59.7 cm³/mol. The van der Waals surface area contributed by atoms with Crippen LogP contribution in [-0.4, -0.2) is 18.0 Å². The number of hydrogen-bond donors (Lipinski definition) is 0. The smallest absolute Gasteiger partial charge is 0.179 e. The van der Waals surface area contributed by atoms with Gasteiger partial charge in [-0.05, 0) is 24.7 Å². The summed E-state index contributed by atoms with van der Waals surface area (Å²) in [7, 11) is 0. The Labute approximate surface area is 86.8 Å². The molecule has 0 saturated heterocycles. The van der Waals surface area contributed by atoms with Gasteiger partial charge in [0.1, 0.15) is 0 Å². The lowest BCUT2D eigenvalue weighted by molar-refractivity contribution is -0.117. The van der Waals surface area contributed by atoms with Crippen molar-refractivity contribution in [3.63, 3.8) is 0 Å². The van der Waals surface area contributed by atoms with Gasteiger partial charge in [-0.1, -0.05) is 27.7 Å². The minimum Gasteiger partial charge on any atom is -0.293 e. The van der Waals surface area contributed by atoms with E-state index in [9.17, 15) is 4.79 Å². The third-order valence-electron chi connectivity index (χ3n) is 3.41. The van der Waals surface area contributed by atoms with Gasteiger partial charge in [0.25, 0.3) is 0 Å². The molecule has 1 aliphatic rings. The third kappa shape index (κ3) is 2.43. The Kier molecular flexibility index (Phi) is 3.85. The van der Waals surface area contributed by atoms with Gasteiger partial charge >= 0.3 is 0 Å². The number of nitrogens with zero attached hydrogens (tertiary/aromatic N) is 1. The Hall–Kier alpha value is -0.660. The molecule has 14 heavy (non-hydrogen) atoms. The standard InChI is InChI=1S/C12H21NO/c1-8(2)9(3)10(4)12(14)11-6-5-7-13-11/h8-10H,5-7H2,1-4H3. The first kappa shape index (κ1) is 11.4. The van der Waals surface area contributed by atoms with Crippen molar-refractivity contribution in [1.29, 1.82) is 0 Å². The molecule has 2 nitrogen and oxygen atoms in total. The lowest BCUT2D eigenvalue weighted by Gasteiger charge is -2.22. The van der Waals surface area contributed by atoms with Gasteiger partial charge in [0.05, 0.1) is 5.71 Å². The van der Waals surface area contributed by atoms with Crippen molar-refractivity contribution in [2.45, 2.75) is 40.5 Å². The largest absolute Gasteiger partial charge is 0.293 e. The summed E-state index contributed by atoms with van der Waals surface area (Å²) in [6.07, 6.45) is 1.96. The minimum absolute atomic E-state index is 0.131. The SMILES string of the molecule is CC(C)C(C)C(C)C(=O)C1=NCCC1. The molecule has 0 radical (unpaired) electrons. The van der Waals surface area contributed by atoms with E-state index in [0.717, 1.165) is 25.1 Å². The van der Waals surface area contributed by atoms with Gasteiger partial charge < -0.3 is 0 Å². The molecule has 0 amide bonds. The number of carbonyl (C=O) groups is 1. The molecule has 0 aromatic heterocycles. The highest BCUT2D eigenvalue weighted by molar-refractivity contribution is 6.40. The maximum atomic E-state index is 12.0. The average Bonchev–Trinajstić information content (AvgIpc) is 2.67. The second kappa shape index (κ2) is 4.72. The van der Waals surface area contributed by atoms with Crippen molar-refractivity contribution in [1.82, 2.24) is 0 Å². The molecule has 1 heterocycles. The lowest BCUT2D eigenvalue weighted by Crippen LogP contribution is -2.28. The number of aliphatic imine (C=N–C) groups is 1. The third-order valence-corrected chi connectivity index (χ3v) is 3.41. The van der Waals surface area contributed by atoms with E-state index >= 15 is 0 Å². The Morgan fingerprint density at radius 3 is 2.36 bits per heavy atom. The van der Waals surface area contributed by atoms with E-state index in [2.05, 4.69) is 25.8 Å². The monoisotopic (exact) mass is 195 g/mol. The van der Waals surface area contributed by atoms with Crippen LogP contribution in [0.1, 0.15) is 40.5 Å². The molecule has 0 aliphatic carbocycles. The molecule has 0 N–H and O–H groups in total. The zero-order valence-corrected chi connectivity index (χ0v) is 9.71. The molecule has 0 bridgehead atoms. The summed E-state index contributed by atoms with van der Waals surface area (Å²) < 4.78 is 0. The van der Waals surface area contributed by atoms with Crippen molar-refractivity contribution in [3.8, 4) is 0 Å². The van der Waals surface area contributed by atoms with Gasteiger partial charge in [0, 0.05) is 12.5 Å². The summed E-state index contributed by atoms with van der Waals surface area (Å²) in [6, 6.07) is 0. The van der Waals surface area contributed by atoms with E-state index in [0.29, 0.717) is 11.8 Å². The van der Waals surface area contributed by atoms with Crippen LogP contribution >= 0.6 is 0 Å². The molecule has 80 valence electrons. The molecule has 0 fully saturated rings. The van der Waals surface area contributed by atoms with Crippen LogP contribution in [0.15, 0.2) is 4.99 Å². The van der Waals surface area contributed by atoms with Crippen molar-refractivity contribution < 1.29 is 4.79 Å². The molecule has 2 unspecified atom stereocenters. The van der Waals surface area contributed by atoms with E-state index in [-0.39, 0.29) is 11.7 Å². The maximum absolute atomic E-state index is 12.0. The van der Waals surface area contributed by atoms with Crippen LogP contribution in [0.25, 0.3) is 0 Å². The molecular formula is C12H21NO. The zero-order valence-electron chi connectivity index (χ0n) is 9.71. The van der Waals surface area contributed by atoms with E-state index in [1.165, 1.54) is 0 Å². The summed E-state index contributed by atoms with van der Waals surface area (Å²) in [5.74, 6) is 1.43. The normalized spacial score (nSPS) is 20.8. The van der Waals surface area contributed by atoms with E-state index < -0.39 is 0 Å².